The normalized spacial score (nSPS) is 10.2. The lowest BCUT2D eigenvalue weighted by molar-refractivity contribution is 0.0696. The number of pyridine rings is 1. The highest BCUT2D eigenvalue weighted by Crippen LogP contribution is 2.00. The largest absolute Gasteiger partial charge is 0.478 e. The Hall–Kier alpha value is -1.23. The number of nitrogens with zero attached hydrogens (tertiary/aromatic N) is 1. The molecule has 1 aromatic rings. The summed E-state index contributed by atoms with van der Waals surface area (Å²) < 4.78 is 1.44. The van der Waals surface area contributed by atoms with Crippen molar-refractivity contribution in [2.45, 2.75) is 13.0 Å². The quantitative estimate of drug-likeness (QED) is 0.770. The van der Waals surface area contributed by atoms with Gasteiger partial charge in [-0.3, -0.25) is 4.79 Å². The van der Waals surface area contributed by atoms with Gasteiger partial charge in [0.2, 0.25) is 0 Å². The van der Waals surface area contributed by atoms with Crippen molar-refractivity contribution in [3.63, 3.8) is 0 Å². The lowest BCUT2D eigenvalue weighted by Crippen LogP contribution is -2.20. The van der Waals surface area contributed by atoms with E-state index < -0.39 is 5.97 Å². The number of carbonyl (C=O) groups is 1. The number of carboxylic acid groups (broad SMARTS) is 1. The topological polar surface area (TPSA) is 59.3 Å². The minimum absolute atomic E-state index is 0.152. The van der Waals surface area contributed by atoms with Gasteiger partial charge >= 0.3 is 5.97 Å². The van der Waals surface area contributed by atoms with Crippen LogP contribution in [0.1, 0.15) is 16.8 Å². The summed E-state index contributed by atoms with van der Waals surface area (Å²) in [6.45, 7) is 0.570. The predicted octanol–water partition coefficient (Wildman–Crippen LogP) is 1.30. The van der Waals surface area contributed by atoms with Gasteiger partial charge in [-0.25, -0.2) is 4.79 Å². The number of hydrogen-bond donors (Lipinski definition) is 1. The number of aromatic nitrogens is 1. The van der Waals surface area contributed by atoms with Crippen molar-refractivity contribution in [2.24, 2.45) is 0 Å². The third-order valence-electron chi connectivity index (χ3n) is 1.98. The molecule has 0 amide bonds. The van der Waals surface area contributed by atoms with Crippen molar-refractivity contribution >= 4 is 17.7 Å². The van der Waals surface area contributed by atoms with Crippen LogP contribution in [0.2, 0.25) is 0 Å². The van der Waals surface area contributed by atoms with E-state index in [0.717, 1.165) is 12.2 Å². The smallest absolute Gasteiger partial charge is 0.337 e. The maximum absolute atomic E-state index is 11.4. The Morgan fingerprint density at radius 1 is 1.53 bits per heavy atom. The molecule has 0 aromatic carbocycles. The first-order valence-corrected chi connectivity index (χ1v) is 5.97. The van der Waals surface area contributed by atoms with Crippen LogP contribution in [-0.2, 0) is 6.54 Å². The summed E-state index contributed by atoms with van der Waals surface area (Å²) in [4.78, 5) is 22.0. The number of thioether (sulfide) groups is 1. The highest BCUT2D eigenvalue weighted by Gasteiger charge is 2.04. The van der Waals surface area contributed by atoms with Crippen molar-refractivity contribution in [1.82, 2.24) is 4.57 Å². The Balaban J connectivity index is 2.81. The predicted molar refractivity (Wildman–Crippen MR) is 60.7 cm³/mol. The summed E-state index contributed by atoms with van der Waals surface area (Å²) >= 11 is 1.71. The second-order valence-corrected chi connectivity index (χ2v) is 4.09. The van der Waals surface area contributed by atoms with Crippen LogP contribution >= 0.6 is 11.8 Å². The van der Waals surface area contributed by atoms with E-state index in [1.165, 1.54) is 22.9 Å². The fourth-order valence-corrected chi connectivity index (χ4v) is 1.63. The van der Waals surface area contributed by atoms with E-state index in [2.05, 4.69) is 0 Å². The zero-order chi connectivity index (χ0) is 11.3. The maximum atomic E-state index is 11.4. The maximum Gasteiger partial charge on any atom is 0.337 e. The summed E-state index contributed by atoms with van der Waals surface area (Å²) in [6, 6.07) is 2.62. The van der Waals surface area contributed by atoms with Gasteiger partial charge in [0.05, 0.1) is 5.56 Å². The molecule has 0 aliphatic heterocycles. The van der Waals surface area contributed by atoms with Crippen molar-refractivity contribution in [3.05, 3.63) is 34.2 Å². The van der Waals surface area contributed by atoms with E-state index in [-0.39, 0.29) is 11.1 Å². The number of carboxylic acids is 1. The Bertz CT molecular complexity index is 400. The van der Waals surface area contributed by atoms with E-state index in [1.54, 1.807) is 11.8 Å². The number of hydrogen-bond acceptors (Lipinski definition) is 3. The molecule has 0 aliphatic carbocycles. The molecule has 15 heavy (non-hydrogen) atoms. The first-order chi connectivity index (χ1) is 7.15. The van der Waals surface area contributed by atoms with Crippen LogP contribution in [-0.4, -0.2) is 27.7 Å². The Morgan fingerprint density at radius 2 is 2.27 bits per heavy atom. The third kappa shape index (κ3) is 3.43. The van der Waals surface area contributed by atoms with Crippen molar-refractivity contribution < 1.29 is 9.90 Å². The van der Waals surface area contributed by atoms with Crippen LogP contribution in [0.15, 0.2) is 23.1 Å². The Labute approximate surface area is 91.9 Å². The average Bonchev–Trinajstić information content (AvgIpc) is 2.20. The molecule has 82 valence electrons. The summed E-state index contributed by atoms with van der Waals surface area (Å²) in [7, 11) is 0. The standard InChI is InChI=1S/C10H13NO3S/c1-15-6-2-5-11-7-8(10(13)14)3-4-9(11)12/h3-4,7H,2,5-6H2,1H3,(H,13,14). The highest BCUT2D eigenvalue weighted by molar-refractivity contribution is 7.98. The van der Waals surface area contributed by atoms with Crippen molar-refractivity contribution in [1.29, 1.82) is 0 Å². The van der Waals surface area contributed by atoms with Gasteiger partial charge in [0.1, 0.15) is 0 Å². The molecule has 0 saturated carbocycles. The fraction of sp³-hybridized carbons (Fsp3) is 0.400. The van der Waals surface area contributed by atoms with Gasteiger partial charge in [-0.1, -0.05) is 0 Å². The van der Waals surface area contributed by atoms with Gasteiger partial charge in [0.15, 0.2) is 0 Å². The number of aromatic carboxylic acids is 1. The van der Waals surface area contributed by atoms with E-state index in [4.69, 9.17) is 5.11 Å². The van der Waals surface area contributed by atoms with Gasteiger partial charge in [0.25, 0.3) is 5.56 Å². The molecular formula is C10H13NO3S. The van der Waals surface area contributed by atoms with Crippen LogP contribution in [0.25, 0.3) is 0 Å². The van der Waals surface area contributed by atoms with E-state index >= 15 is 0 Å². The van der Waals surface area contributed by atoms with Gasteiger partial charge in [-0.15, -0.1) is 0 Å². The first kappa shape index (κ1) is 11.8. The van der Waals surface area contributed by atoms with Crippen LogP contribution in [0, 0.1) is 0 Å². The van der Waals surface area contributed by atoms with Gasteiger partial charge in [0, 0.05) is 18.8 Å². The molecule has 0 radical (unpaired) electrons. The Kier molecular flexibility index (Phi) is 4.42. The molecule has 0 atom stereocenters. The van der Waals surface area contributed by atoms with Crippen LogP contribution in [0.5, 0.6) is 0 Å². The monoisotopic (exact) mass is 227 g/mol. The molecular weight excluding hydrogens is 214 g/mol. The number of aryl methyl sites for hydroxylation is 1. The molecule has 0 aliphatic rings. The summed E-state index contributed by atoms with van der Waals surface area (Å²) in [5.41, 5.74) is -0.000135. The van der Waals surface area contributed by atoms with E-state index in [1.807, 2.05) is 6.26 Å². The molecule has 1 heterocycles. The van der Waals surface area contributed by atoms with Crippen LogP contribution in [0.4, 0.5) is 0 Å². The summed E-state index contributed by atoms with van der Waals surface area (Å²) in [5, 5.41) is 8.75. The SMILES string of the molecule is CSCCCn1cc(C(=O)O)ccc1=O. The van der Waals surface area contributed by atoms with Gasteiger partial charge in [-0.05, 0) is 24.5 Å². The Morgan fingerprint density at radius 3 is 2.87 bits per heavy atom. The summed E-state index contributed by atoms with van der Waals surface area (Å²) in [5.74, 6) is -0.0439. The van der Waals surface area contributed by atoms with Crippen molar-refractivity contribution in [3.8, 4) is 0 Å². The zero-order valence-electron chi connectivity index (χ0n) is 8.47. The number of rotatable bonds is 5. The lowest BCUT2D eigenvalue weighted by atomic mass is 10.3. The third-order valence-corrected chi connectivity index (χ3v) is 2.67. The average molecular weight is 227 g/mol. The molecule has 1 aromatic heterocycles. The molecule has 0 saturated heterocycles. The van der Waals surface area contributed by atoms with E-state index in [0.29, 0.717) is 6.54 Å². The molecule has 0 fully saturated rings. The summed E-state index contributed by atoms with van der Waals surface area (Å²) in [6.07, 6.45) is 4.26. The zero-order valence-corrected chi connectivity index (χ0v) is 9.29. The molecule has 0 spiro atoms. The molecule has 5 heteroatoms. The van der Waals surface area contributed by atoms with Gasteiger partial charge < -0.3 is 9.67 Å². The lowest BCUT2D eigenvalue weighted by Gasteiger charge is -2.05. The van der Waals surface area contributed by atoms with Crippen LogP contribution < -0.4 is 5.56 Å². The minimum Gasteiger partial charge on any atom is -0.478 e. The first-order valence-electron chi connectivity index (χ1n) is 4.58. The molecule has 0 unspecified atom stereocenters. The fourth-order valence-electron chi connectivity index (χ4n) is 1.21. The second kappa shape index (κ2) is 5.60. The molecule has 4 nitrogen and oxygen atoms in total. The molecule has 0 bridgehead atoms. The van der Waals surface area contributed by atoms with Crippen LogP contribution in [0.3, 0.4) is 0 Å². The van der Waals surface area contributed by atoms with Gasteiger partial charge in [-0.2, -0.15) is 11.8 Å². The van der Waals surface area contributed by atoms with Crippen molar-refractivity contribution in [2.75, 3.05) is 12.0 Å². The van der Waals surface area contributed by atoms with E-state index in [9.17, 15) is 9.59 Å². The minimum atomic E-state index is -1.01. The highest BCUT2D eigenvalue weighted by atomic mass is 32.2. The molecule has 1 N–H and O–H groups in total. The molecule has 1 rings (SSSR count). The second-order valence-electron chi connectivity index (χ2n) is 3.10.